The number of nitrogens with zero attached hydrogens (tertiary/aromatic N) is 1. The van der Waals surface area contributed by atoms with Crippen LogP contribution >= 0.6 is 11.6 Å². The summed E-state index contributed by atoms with van der Waals surface area (Å²) in [5, 5.41) is 3.47. The number of halogens is 1. The molecule has 0 bridgehead atoms. The average Bonchev–Trinajstić information content (AvgIpc) is 2.29. The maximum atomic E-state index is 11.7. The van der Waals surface area contributed by atoms with Crippen LogP contribution in [0.25, 0.3) is 0 Å². The molecule has 0 atom stereocenters. The zero-order chi connectivity index (χ0) is 13.7. The monoisotopic (exact) mass is 269 g/mol. The minimum atomic E-state index is -0.0226. The van der Waals surface area contributed by atoms with Gasteiger partial charge in [0.25, 0.3) is 0 Å². The fourth-order valence-electron chi connectivity index (χ4n) is 1.52. The number of anilines is 2. The molecule has 0 aliphatic heterocycles. The van der Waals surface area contributed by atoms with Gasteiger partial charge < -0.3 is 16.0 Å². The Morgan fingerprint density at radius 1 is 1.50 bits per heavy atom. The molecule has 0 aliphatic rings. The quantitative estimate of drug-likeness (QED) is 0.805. The maximum absolute atomic E-state index is 11.7. The van der Waals surface area contributed by atoms with Crippen molar-refractivity contribution in [3.8, 4) is 0 Å². The molecule has 0 fully saturated rings. The fraction of sp³-hybridized carbons (Fsp3) is 0.462. The first kappa shape index (κ1) is 14.6. The Hall–Kier alpha value is -1.42. The molecule has 5 heteroatoms. The van der Waals surface area contributed by atoms with E-state index >= 15 is 0 Å². The molecule has 1 rings (SSSR count). The molecule has 4 nitrogen and oxygen atoms in total. The van der Waals surface area contributed by atoms with Gasteiger partial charge in [-0.1, -0.05) is 25.4 Å². The van der Waals surface area contributed by atoms with E-state index in [1.807, 2.05) is 7.05 Å². The number of carbonyl (C=O) groups is 1. The van der Waals surface area contributed by atoms with Gasteiger partial charge in [-0.2, -0.15) is 0 Å². The second-order valence-corrected chi connectivity index (χ2v) is 5.19. The predicted molar refractivity (Wildman–Crippen MR) is 77.0 cm³/mol. The van der Waals surface area contributed by atoms with E-state index in [0.717, 1.165) is 5.69 Å². The van der Waals surface area contributed by atoms with Crippen LogP contribution in [0.5, 0.6) is 0 Å². The summed E-state index contributed by atoms with van der Waals surface area (Å²) in [5.41, 5.74) is 7.23. The number of nitrogens with two attached hydrogens (primary N) is 1. The third-order valence-corrected chi connectivity index (χ3v) is 2.73. The highest BCUT2D eigenvalue weighted by atomic mass is 35.5. The van der Waals surface area contributed by atoms with Crippen molar-refractivity contribution in [2.75, 3.05) is 30.8 Å². The highest BCUT2D eigenvalue weighted by molar-refractivity contribution is 6.31. The lowest BCUT2D eigenvalue weighted by Gasteiger charge is -2.21. The molecule has 0 aromatic heterocycles. The third-order valence-electron chi connectivity index (χ3n) is 2.49. The van der Waals surface area contributed by atoms with E-state index < -0.39 is 0 Å². The first-order chi connectivity index (χ1) is 8.40. The zero-order valence-electron chi connectivity index (χ0n) is 11.0. The minimum absolute atomic E-state index is 0.0226. The van der Waals surface area contributed by atoms with E-state index in [-0.39, 0.29) is 12.5 Å². The number of carbonyl (C=O) groups excluding carboxylic acids is 1. The number of hydrogen-bond acceptors (Lipinski definition) is 3. The Morgan fingerprint density at radius 2 is 2.17 bits per heavy atom. The summed E-state index contributed by atoms with van der Waals surface area (Å²) in [5.74, 6) is 0.418. The van der Waals surface area contributed by atoms with Crippen LogP contribution in [-0.4, -0.2) is 26.0 Å². The van der Waals surface area contributed by atoms with E-state index in [1.54, 1.807) is 23.1 Å². The van der Waals surface area contributed by atoms with Crippen LogP contribution in [0.15, 0.2) is 18.2 Å². The zero-order valence-corrected chi connectivity index (χ0v) is 11.8. The summed E-state index contributed by atoms with van der Waals surface area (Å²) < 4.78 is 0. The van der Waals surface area contributed by atoms with Crippen molar-refractivity contribution in [1.82, 2.24) is 5.32 Å². The summed E-state index contributed by atoms with van der Waals surface area (Å²) in [4.78, 5) is 13.5. The van der Waals surface area contributed by atoms with E-state index in [1.165, 1.54) is 0 Å². The first-order valence-corrected chi connectivity index (χ1v) is 6.30. The van der Waals surface area contributed by atoms with Crippen LogP contribution in [0.3, 0.4) is 0 Å². The van der Waals surface area contributed by atoms with Gasteiger partial charge in [0.1, 0.15) is 0 Å². The normalized spacial score (nSPS) is 10.5. The maximum Gasteiger partial charge on any atom is 0.239 e. The highest BCUT2D eigenvalue weighted by Gasteiger charge is 2.10. The predicted octanol–water partition coefficient (Wildman–Crippen LogP) is 2.13. The molecular weight excluding hydrogens is 250 g/mol. The van der Waals surface area contributed by atoms with Gasteiger partial charge in [-0.15, -0.1) is 0 Å². The minimum Gasteiger partial charge on any atom is -0.397 e. The Labute approximate surface area is 113 Å². The Kier molecular flexibility index (Phi) is 5.28. The lowest BCUT2D eigenvalue weighted by molar-refractivity contribution is -0.119. The van der Waals surface area contributed by atoms with Gasteiger partial charge in [-0.05, 0) is 24.1 Å². The second kappa shape index (κ2) is 6.50. The molecule has 18 heavy (non-hydrogen) atoms. The number of hydrogen-bond donors (Lipinski definition) is 2. The molecule has 0 spiro atoms. The molecule has 0 aliphatic carbocycles. The molecule has 1 aromatic rings. The average molecular weight is 270 g/mol. The number of nitrogens with one attached hydrogen (secondary N) is 1. The van der Waals surface area contributed by atoms with Crippen molar-refractivity contribution in [2.45, 2.75) is 13.8 Å². The molecule has 0 saturated carbocycles. The molecule has 0 heterocycles. The topological polar surface area (TPSA) is 58.4 Å². The second-order valence-electron chi connectivity index (χ2n) is 4.76. The van der Waals surface area contributed by atoms with E-state index in [4.69, 9.17) is 17.3 Å². The third kappa shape index (κ3) is 4.45. The first-order valence-electron chi connectivity index (χ1n) is 5.93. The van der Waals surface area contributed by atoms with Crippen LogP contribution in [0.1, 0.15) is 13.8 Å². The van der Waals surface area contributed by atoms with Gasteiger partial charge in [0.05, 0.1) is 17.9 Å². The van der Waals surface area contributed by atoms with Crippen LogP contribution in [0.4, 0.5) is 11.4 Å². The van der Waals surface area contributed by atoms with E-state index in [0.29, 0.717) is 23.2 Å². The van der Waals surface area contributed by atoms with Crippen LogP contribution in [-0.2, 0) is 4.79 Å². The molecule has 1 aromatic carbocycles. The van der Waals surface area contributed by atoms with Gasteiger partial charge in [0.2, 0.25) is 5.91 Å². The van der Waals surface area contributed by atoms with Gasteiger partial charge in [-0.3, -0.25) is 4.79 Å². The standard InChI is InChI=1S/C13H20ClN3O/c1-9(2)7-16-13(18)8-17(3)12-6-10(14)4-5-11(12)15/h4-6,9H,7-8,15H2,1-3H3,(H,16,18). The Morgan fingerprint density at radius 3 is 2.78 bits per heavy atom. The van der Waals surface area contributed by atoms with Crippen molar-refractivity contribution >= 4 is 28.9 Å². The van der Waals surface area contributed by atoms with Gasteiger partial charge in [0, 0.05) is 18.6 Å². The summed E-state index contributed by atoms with van der Waals surface area (Å²) in [6.45, 7) is 5.05. The number of amides is 1. The molecule has 1 amide bonds. The van der Waals surface area contributed by atoms with Gasteiger partial charge in [0.15, 0.2) is 0 Å². The van der Waals surface area contributed by atoms with E-state index in [2.05, 4.69) is 19.2 Å². The van der Waals surface area contributed by atoms with Crippen LogP contribution < -0.4 is 16.0 Å². The molecular formula is C13H20ClN3O. The van der Waals surface area contributed by atoms with Crippen molar-refractivity contribution in [2.24, 2.45) is 5.92 Å². The molecule has 0 unspecified atom stereocenters. The number of likely N-dealkylation sites (N-methyl/N-ethyl adjacent to an activating group) is 1. The summed E-state index contributed by atoms with van der Waals surface area (Å²) in [6, 6.07) is 5.22. The lowest BCUT2D eigenvalue weighted by Crippen LogP contribution is -2.37. The Balaban J connectivity index is 2.62. The number of benzene rings is 1. The van der Waals surface area contributed by atoms with Crippen molar-refractivity contribution in [3.63, 3.8) is 0 Å². The summed E-state index contributed by atoms with van der Waals surface area (Å²) in [7, 11) is 1.82. The van der Waals surface area contributed by atoms with Gasteiger partial charge in [-0.25, -0.2) is 0 Å². The largest absolute Gasteiger partial charge is 0.397 e. The summed E-state index contributed by atoms with van der Waals surface area (Å²) in [6.07, 6.45) is 0. The Bertz CT molecular complexity index is 421. The lowest BCUT2D eigenvalue weighted by atomic mass is 10.2. The fourth-order valence-corrected chi connectivity index (χ4v) is 1.69. The SMILES string of the molecule is CC(C)CNC(=O)CN(C)c1cc(Cl)ccc1N. The molecule has 100 valence electrons. The molecule has 3 N–H and O–H groups in total. The number of nitrogen functional groups attached to an aromatic ring is 1. The van der Waals surface area contributed by atoms with E-state index in [9.17, 15) is 4.79 Å². The van der Waals surface area contributed by atoms with Gasteiger partial charge >= 0.3 is 0 Å². The van der Waals surface area contributed by atoms with Crippen LogP contribution in [0.2, 0.25) is 5.02 Å². The van der Waals surface area contributed by atoms with Crippen molar-refractivity contribution in [3.05, 3.63) is 23.2 Å². The summed E-state index contributed by atoms with van der Waals surface area (Å²) >= 11 is 5.92. The van der Waals surface area contributed by atoms with Crippen molar-refractivity contribution < 1.29 is 4.79 Å². The molecule has 0 saturated heterocycles. The smallest absolute Gasteiger partial charge is 0.239 e. The number of rotatable bonds is 5. The highest BCUT2D eigenvalue weighted by Crippen LogP contribution is 2.25. The molecule has 0 radical (unpaired) electrons. The van der Waals surface area contributed by atoms with Crippen LogP contribution in [0, 0.1) is 5.92 Å². The van der Waals surface area contributed by atoms with Crippen molar-refractivity contribution in [1.29, 1.82) is 0 Å².